The second-order valence-electron chi connectivity index (χ2n) is 6.03. The molecule has 3 heteroatoms. The molecule has 0 radical (unpaired) electrons. The lowest BCUT2D eigenvalue weighted by Crippen LogP contribution is -2.55. The van der Waals surface area contributed by atoms with Crippen LogP contribution in [0.1, 0.15) is 39.0 Å². The number of nitrogens with two attached hydrogens (primary N) is 1. The van der Waals surface area contributed by atoms with Gasteiger partial charge in [-0.25, -0.2) is 0 Å². The van der Waals surface area contributed by atoms with E-state index in [1.165, 1.54) is 51.7 Å². The maximum Gasteiger partial charge on any atom is 0.0192 e. The van der Waals surface area contributed by atoms with Crippen molar-refractivity contribution in [1.29, 1.82) is 0 Å². The first-order valence-electron chi connectivity index (χ1n) is 7.36. The number of likely N-dealkylation sites (N-methyl/N-ethyl adjacent to an activating group) is 1. The summed E-state index contributed by atoms with van der Waals surface area (Å²) in [6.45, 7) is 6.92. The molecular weight excluding hydrogens is 210 g/mol. The smallest absolute Gasteiger partial charge is 0.0192 e. The summed E-state index contributed by atoms with van der Waals surface area (Å²) in [6.07, 6.45) is 6.93. The molecule has 2 N–H and O–H groups in total. The van der Waals surface area contributed by atoms with Crippen LogP contribution >= 0.6 is 0 Å². The molecule has 1 aliphatic carbocycles. The monoisotopic (exact) mass is 239 g/mol. The van der Waals surface area contributed by atoms with Crippen LogP contribution in [0.5, 0.6) is 0 Å². The predicted molar refractivity (Wildman–Crippen MR) is 73.1 cm³/mol. The number of hydrogen-bond acceptors (Lipinski definition) is 3. The van der Waals surface area contributed by atoms with Gasteiger partial charge in [-0.3, -0.25) is 4.90 Å². The highest BCUT2D eigenvalue weighted by atomic mass is 15.3. The van der Waals surface area contributed by atoms with Crippen molar-refractivity contribution in [3.05, 3.63) is 0 Å². The SMILES string of the molecule is CC1CN(C2CCCCCC2CN)CCN1C. The van der Waals surface area contributed by atoms with Crippen LogP contribution in [0.25, 0.3) is 0 Å². The molecular formula is C14H29N3. The summed E-state index contributed by atoms with van der Waals surface area (Å²) in [5, 5.41) is 0. The maximum absolute atomic E-state index is 5.99. The highest BCUT2D eigenvalue weighted by Crippen LogP contribution is 2.28. The topological polar surface area (TPSA) is 32.5 Å². The minimum Gasteiger partial charge on any atom is -0.330 e. The van der Waals surface area contributed by atoms with Crippen molar-refractivity contribution < 1.29 is 0 Å². The number of hydrogen-bond donors (Lipinski definition) is 1. The molecule has 1 saturated heterocycles. The molecule has 0 aromatic rings. The van der Waals surface area contributed by atoms with Crippen LogP contribution < -0.4 is 5.73 Å². The summed E-state index contributed by atoms with van der Waals surface area (Å²) < 4.78 is 0. The van der Waals surface area contributed by atoms with Crippen LogP contribution in [0.2, 0.25) is 0 Å². The average Bonchev–Trinajstić information content (AvgIpc) is 2.57. The lowest BCUT2D eigenvalue weighted by atomic mass is 9.92. The van der Waals surface area contributed by atoms with Gasteiger partial charge in [0.1, 0.15) is 0 Å². The Bertz CT molecular complexity index is 232. The number of piperazine rings is 1. The summed E-state index contributed by atoms with van der Waals surface area (Å²) >= 11 is 0. The molecule has 2 rings (SSSR count). The summed E-state index contributed by atoms with van der Waals surface area (Å²) in [6, 6.07) is 1.46. The fourth-order valence-corrected chi connectivity index (χ4v) is 3.50. The summed E-state index contributed by atoms with van der Waals surface area (Å²) in [4.78, 5) is 5.21. The van der Waals surface area contributed by atoms with Gasteiger partial charge in [0.05, 0.1) is 0 Å². The number of nitrogens with zero attached hydrogens (tertiary/aromatic N) is 2. The average molecular weight is 239 g/mol. The van der Waals surface area contributed by atoms with Crippen molar-refractivity contribution in [2.24, 2.45) is 11.7 Å². The zero-order valence-electron chi connectivity index (χ0n) is 11.6. The summed E-state index contributed by atoms with van der Waals surface area (Å²) in [5.74, 6) is 0.744. The molecule has 0 spiro atoms. The Hall–Kier alpha value is -0.120. The van der Waals surface area contributed by atoms with Crippen LogP contribution in [0.4, 0.5) is 0 Å². The minimum absolute atomic E-state index is 0.699. The van der Waals surface area contributed by atoms with Crippen molar-refractivity contribution in [3.63, 3.8) is 0 Å². The first-order valence-corrected chi connectivity index (χ1v) is 7.36. The van der Waals surface area contributed by atoms with Gasteiger partial charge in [0.15, 0.2) is 0 Å². The fraction of sp³-hybridized carbons (Fsp3) is 1.00. The van der Waals surface area contributed by atoms with Gasteiger partial charge in [0, 0.05) is 31.7 Å². The van der Waals surface area contributed by atoms with Gasteiger partial charge in [-0.2, -0.15) is 0 Å². The van der Waals surface area contributed by atoms with E-state index in [1.54, 1.807) is 0 Å². The van der Waals surface area contributed by atoms with Crippen LogP contribution in [-0.4, -0.2) is 55.1 Å². The number of rotatable bonds is 2. The van der Waals surface area contributed by atoms with Crippen LogP contribution in [-0.2, 0) is 0 Å². The maximum atomic E-state index is 5.99. The normalized spacial score (nSPS) is 37.9. The van der Waals surface area contributed by atoms with Crippen molar-refractivity contribution in [3.8, 4) is 0 Å². The molecule has 0 aromatic carbocycles. The van der Waals surface area contributed by atoms with Crippen LogP contribution in [0.15, 0.2) is 0 Å². The van der Waals surface area contributed by atoms with Gasteiger partial charge >= 0.3 is 0 Å². The van der Waals surface area contributed by atoms with Gasteiger partial charge in [0.25, 0.3) is 0 Å². The van der Waals surface area contributed by atoms with E-state index in [-0.39, 0.29) is 0 Å². The third-order valence-electron chi connectivity index (χ3n) is 4.88. The molecule has 1 saturated carbocycles. The first-order chi connectivity index (χ1) is 8.22. The molecule has 3 nitrogen and oxygen atoms in total. The highest BCUT2D eigenvalue weighted by molar-refractivity contribution is 4.87. The third-order valence-corrected chi connectivity index (χ3v) is 4.88. The van der Waals surface area contributed by atoms with E-state index in [0.29, 0.717) is 6.04 Å². The molecule has 2 fully saturated rings. The molecule has 17 heavy (non-hydrogen) atoms. The van der Waals surface area contributed by atoms with E-state index in [1.807, 2.05) is 0 Å². The van der Waals surface area contributed by atoms with Gasteiger partial charge in [-0.05, 0) is 39.3 Å². The minimum atomic E-state index is 0.699. The second kappa shape index (κ2) is 6.17. The third kappa shape index (κ3) is 3.21. The zero-order chi connectivity index (χ0) is 12.3. The Morgan fingerprint density at radius 2 is 1.88 bits per heavy atom. The summed E-state index contributed by atoms with van der Waals surface area (Å²) in [7, 11) is 2.25. The van der Waals surface area contributed by atoms with E-state index in [9.17, 15) is 0 Å². The van der Waals surface area contributed by atoms with Crippen LogP contribution in [0.3, 0.4) is 0 Å². The molecule has 3 atom stereocenters. The standard InChI is InChI=1S/C14H29N3/c1-12-11-17(9-8-16(12)2)14-7-5-3-4-6-13(14)10-15/h12-14H,3-11,15H2,1-2H3. The highest BCUT2D eigenvalue weighted by Gasteiger charge is 2.31. The van der Waals surface area contributed by atoms with Gasteiger partial charge in [-0.15, -0.1) is 0 Å². The second-order valence-corrected chi connectivity index (χ2v) is 6.03. The Labute approximate surface area is 106 Å². The largest absolute Gasteiger partial charge is 0.330 e. The Morgan fingerprint density at radius 3 is 2.59 bits per heavy atom. The van der Waals surface area contributed by atoms with E-state index in [2.05, 4.69) is 23.8 Å². The van der Waals surface area contributed by atoms with Gasteiger partial charge in [0.2, 0.25) is 0 Å². The Kier molecular flexibility index (Phi) is 4.83. The molecule has 0 bridgehead atoms. The molecule has 1 aliphatic heterocycles. The first kappa shape index (κ1) is 13.3. The van der Waals surface area contributed by atoms with E-state index >= 15 is 0 Å². The lowest BCUT2D eigenvalue weighted by Gasteiger charge is -2.44. The fourth-order valence-electron chi connectivity index (χ4n) is 3.50. The van der Waals surface area contributed by atoms with Gasteiger partial charge in [-0.1, -0.05) is 19.3 Å². The van der Waals surface area contributed by atoms with Crippen molar-refractivity contribution in [1.82, 2.24) is 9.80 Å². The van der Waals surface area contributed by atoms with Gasteiger partial charge < -0.3 is 10.6 Å². The quantitative estimate of drug-likeness (QED) is 0.742. The van der Waals surface area contributed by atoms with Crippen molar-refractivity contribution in [2.45, 2.75) is 51.1 Å². The van der Waals surface area contributed by atoms with Crippen molar-refractivity contribution >= 4 is 0 Å². The lowest BCUT2D eigenvalue weighted by molar-refractivity contribution is 0.0470. The summed E-state index contributed by atoms with van der Waals surface area (Å²) in [5.41, 5.74) is 5.99. The van der Waals surface area contributed by atoms with E-state index in [0.717, 1.165) is 18.5 Å². The predicted octanol–water partition coefficient (Wildman–Crippen LogP) is 1.53. The molecule has 100 valence electrons. The molecule has 0 aromatic heterocycles. The Morgan fingerprint density at radius 1 is 1.12 bits per heavy atom. The Balaban J connectivity index is 1.98. The molecule has 0 amide bonds. The van der Waals surface area contributed by atoms with E-state index < -0.39 is 0 Å². The van der Waals surface area contributed by atoms with Crippen LogP contribution in [0, 0.1) is 5.92 Å². The van der Waals surface area contributed by atoms with Crippen molar-refractivity contribution in [2.75, 3.05) is 33.2 Å². The van der Waals surface area contributed by atoms with E-state index in [4.69, 9.17) is 5.73 Å². The molecule has 2 aliphatic rings. The molecule has 3 unspecified atom stereocenters. The molecule has 1 heterocycles. The zero-order valence-corrected chi connectivity index (χ0v) is 11.6.